The van der Waals surface area contributed by atoms with Gasteiger partial charge in [-0.2, -0.15) is 0 Å². The molecule has 1 unspecified atom stereocenters. The third-order valence-corrected chi connectivity index (χ3v) is 3.41. The number of anilines is 1. The van der Waals surface area contributed by atoms with Crippen LogP contribution in [0.5, 0.6) is 5.75 Å². The molecule has 2 rings (SSSR count). The summed E-state index contributed by atoms with van der Waals surface area (Å²) in [5, 5.41) is 13.1. The monoisotopic (exact) mass is 220 g/mol. The summed E-state index contributed by atoms with van der Waals surface area (Å²) in [6.45, 7) is 7.42. The summed E-state index contributed by atoms with van der Waals surface area (Å²) in [6.07, 6.45) is 1.11. The molecule has 2 N–H and O–H groups in total. The van der Waals surface area contributed by atoms with Crippen LogP contribution in [0.2, 0.25) is 0 Å². The Morgan fingerprint density at radius 2 is 2.12 bits per heavy atom. The molecule has 3 heteroatoms. The van der Waals surface area contributed by atoms with Gasteiger partial charge in [-0.05, 0) is 31.1 Å². The number of para-hydroxylation sites is 1. The highest BCUT2D eigenvalue weighted by atomic mass is 16.3. The van der Waals surface area contributed by atoms with Gasteiger partial charge in [0.05, 0.1) is 5.69 Å². The highest BCUT2D eigenvalue weighted by Gasteiger charge is 2.25. The lowest BCUT2D eigenvalue weighted by atomic mass is 9.96. The topological polar surface area (TPSA) is 35.5 Å². The number of phenols is 1. The Hall–Kier alpha value is -1.22. The molecular formula is C13H20N2O. The molecule has 88 valence electrons. The highest BCUT2D eigenvalue weighted by molar-refractivity contribution is 5.63. The summed E-state index contributed by atoms with van der Waals surface area (Å²) in [7, 11) is 0. The van der Waals surface area contributed by atoms with Gasteiger partial charge in [0.15, 0.2) is 0 Å². The van der Waals surface area contributed by atoms with E-state index in [9.17, 15) is 5.11 Å². The maximum absolute atomic E-state index is 9.82. The number of hydrogen-bond acceptors (Lipinski definition) is 3. The van der Waals surface area contributed by atoms with E-state index in [2.05, 4.69) is 30.1 Å². The van der Waals surface area contributed by atoms with Crippen molar-refractivity contribution in [1.82, 2.24) is 4.90 Å². The molecule has 16 heavy (non-hydrogen) atoms. The van der Waals surface area contributed by atoms with Gasteiger partial charge in [0.2, 0.25) is 0 Å². The first-order valence-electron chi connectivity index (χ1n) is 6.07. The van der Waals surface area contributed by atoms with Crippen molar-refractivity contribution in [2.24, 2.45) is 0 Å². The molecule has 0 radical (unpaired) electrons. The fourth-order valence-electron chi connectivity index (χ4n) is 2.56. The molecule has 3 nitrogen and oxygen atoms in total. The Labute approximate surface area is 97.1 Å². The first kappa shape index (κ1) is 11.3. The lowest BCUT2D eigenvalue weighted by Gasteiger charge is -2.35. The van der Waals surface area contributed by atoms with Crippen LogP contribution in [0.25, 0.3) is 0 Å². The molecule has 0 spiro atoms. The van der Waals surface area contributed by atoms with E-state index in [1.54, 1.807) is 6.07 Å². The van der Waals surface area contributed by atoms with E-state index < -0.39 is 0 Å². The average Bonchev–Trinajstić information content (AvgIpc) is 2.32. The lowest BCUT2D eigenvalue weighted by molar-refractivity contribution is 0.208. The van der Waals surface area contributed by atoms with Crippen LogP contribution in [0.1, 0.15) is 31.9 Å². The second-order valence-electron chi connectivity index (χ2n) is 4.19. The quantitative estimate of drug-likeness (QED) is 0.769. The zero-order valence-electron chi connectivity index (χ0n) is 10.0. The van der Waals surface area contributed by atoms with Gasteiger partial charge in [-0.3, -0.25) is 4.90 Å². The normalized spacial score (nSPS) is 19.3. The summed E-state index contributed by atoms with van der Waals surface area (Å²) < 4.78 is 0. The Morgan fingerprint density at radius 1 is 1.38 bits per heavy atom. The number of nitrogens with zero attached hydrogens (tertiary/aromatic N) is 1. The molecule has 1 aromatic rings. The highest BCUT2D eigenvalue weighted by Crippen LogP contribution is 2.38. The van der Waals surface area contributed by atoms with E-state index in [-0.39, 0.29) is 0 Å². The Kier molecular flexibility index (Phi) is 3.34. The third-order valence-electron chi connectivity index (χ3n) is 3.41. The van der Waals surface area contributed by atoms with Crippen molar-refractivity contribution in [3.8, 4) is 5.75 Å². The summed E-state index contributed by atoms with van der Waals surface area (Å²) in [6, 6.07) is 6.23. The molecule has 1 aromatic carbocycles. The predicted molar refractivity (Wildman–Crippen MR) is 66.9 cm³/mol. The minimum absolute atomic E-state index is 0.370. The first-order chi connectivity index (χ1) is 7.77. The zero-order valence-corrected chi connectivity index (χ0v) is 10.0. The predicted octanol–water partition coefficient (Wildman–Crippen LogP) is 2.59. The number of nitrogens with one attached hydrogen (secondary N) is 1. The van der Waals surface area contributed by atoms with Gasteiger partial charge < -0.3 is 10.4 Å². The molecule has 1 aliphatic heterocycles. The van der Waals surface area contributed by atoms with Gasteiger partial charge in [0, 0.05) is 12.6 Å². The third kappa shape index (κ3) is 1.87. The fourth-order valence-corrected chi connectivity index (χ4v) is 2.56. The van der Waals surface area contributed by atoms with Crippen molar-refractivity contribution in [1.29, 1.82) is 0 Å². The van der Waals surface area contributed by atoms with Gasteiger partial charge in [-0.15, -0.1) is 0 Å². The van der Waals surface area contributed by atoms with E-state index in [4.69, 9.17) is 0 Å². The standard InChI is InChI=1S/C13H20N2O/c1-3-15(4-2)11-8-9-14-13-10(11)6-5-7-12(13)16/h5-7,11,14,16H,3-4,8-9H2,1-2H3. The largest absolute Gasteiger partial charge is 0.506 e. The zero-order chi connectivity index (χ0) is 11.5. The molecule has 1 heterocycles. The molecule has 0 fully saturated rings. The first-order valence-corrected chi connectivity index (χ1v) is 6.07. The van der Waals surface area contributed by atoms with E-state index in [0.717, 1.165) is 31.7 Å². The smallest absolute Gasteiger partial charge is 0.139 e. The van der Waals surface area contributed by atoms with Crippen molar-refractivity contribution in [3.05, 3.63) is 23.8 Å². The maximum atomic E-state index is 9.82. The Balaban J connectivity index is 2.36. The average molecular weight is 220 g/mol. The van der Waals surface area contributed by atoms with Crippen LogP contribution in [-0.2, 0) is 0 Å². The number of benzene rings is 1. The van der Waals surface area contributed by atoms with Crippen LogP contribution in [0.3, 0.4) is 0 Å². The number of aromatic hydroxyl groups is 1. The summed E-state index contributed by atoms with van der Waals surface area (Å²) in [5.41, 5.74) is 2.15. The van der Waals surface area contributed by atoms with Crippen LogP contribution >= 0.6 is 0 Å². The van der Waals surface area contributed by atoms with Crippen molar-refractivity contribution >= 4 is 5.69 Å². The van der Waals surface area contributed by atoms with Crippen molar-refractivity contribution < 1.29 is 5.11 Å². The second-order valence-corrected chi connectivity index (χ2v) is 4.19. The van der Waals surface area contributed by atoms with Crippen LogP contribution in [0.4, 0.5) is 5.69 Å². The van der Waals surface area contributed by atoms with E-state index in [1.165, 1.54) is 5.56 Å². The van der Waals surface area contributed by atoms with Gasteiger partial charge in [-0.1, -0.05) is 26.0 Å². The van der Waals surface area contributed by atoms with Crippen LogP contribution in [-0.4, -0.2) is 29.6 Å². The SMILES string of the molecule is CCN(CC)C1CCNc2c(O)cccc21. The van der Waals surface area contributed by atoms with E-state index >= 15 is 0 Å². The van der Waals surface area contributed by atoms with Gasteiger partial charge in [0.1, 0.15) is 5.75 Å². The lowest BCUT2D eigenvalue weighted by Crippen LogP contribution is -2.33. The molecule has 0 saturated heterocycles. The van der Waals surface area contributed by atoms with E-state index in [0.29, 0.717) is 11.8 Å². The summed E-state index contributed by atoms with van der Waals surface area (Å²) >= 11 is 0. The van der Waals surface area contributed by atoms with Crippen molar-refractivity contribution in [3.63, 3.8) is 0 Å². The van der Waals surface area contributed by atoms with E-state index in [1.807, 2.05) is 6.07 Å². The summed E-state index contributed by atoms with van der Waals surface area (Å²) in [4.78, 5) is 2.44. The Morgan fingerprint density at radius 3 is 2.81 bits per heavy atom. The van der Waals surface area contributed by atoms with Gasteiger partial charge >= 0.3 is 0 Å². The van der Waals surface area contributed by atoms with Crippen molar-refractivity contribution in [2.75, 3.05) is 25.0 Å². The summed E-state index contributed by atoms with van der Waals surface area (Å²) in [5.74, 6) is 0.370. The molecule has 0 amide bonds. The molecule has 0 aliphatic carbocycles. The minimum Gasteiger partial charge on any atom is -0.506 e. The molecule has 1 atom stereocenters. The molecule has 0 aromatic heterocycles. The number of phenolic OH excluding ortho intramolecular Hbond substituents is 1. The van der Waals surface area contributed by atoms with Crippen molar-refractivity contribution in [2.45, 2.75) is 26.3 Å². The van der Waals surface area contributed by atoms with Gasteiger partial charge in [-0.25, -0.2) is 0 Å². The minimum atomic E-state index is 0.370. The van der Waals surface area contributed by atoms with Crippen LogP contribution < -0.4 is 5.32 Å². The molecule has 0 bridgehead atoms. The molecule has 1 aliphatic rings. The van der Waals surface area contributed by atoms with Gasteiger partial charge in [0.25, 0.3) is 0 Å². The Bertz CT molecular complexity index is 361. The molecular weight excluding hydrogens is 200 g/mol. The fraction of sp³-hybridized carbons (Fsp3) is 0.538. The maximum Gasteiger partial charge on any atom is 0.139 e. The number of hydrogen-bond donors (Lipinski definition) is 2. The second kappa shape index (κ2) is 4.74. The number of fused-ring (bicyclic) bond motifs is 1. The van der Waals surface area contributed by atoms with Crippen LogP contribution in [0.15, 0.2) is 18.2 Å². The number of rotatable bonds is 3. The molecule has 0 saturated carbocycles. The van der Waals surface area contributed by atoms with Crippen LogP contribution in [0, 0.1) is 0 Å².